The third-order valence-electron chi connectivity index (χ3n) is 5.14. The van der Waals surface area contributed by atoms with Gasteiger partial charge in [0.25, 0.3) is 0 Å². The molecule has 1 atom stereocenters. The Labute approximate surface area is 163 Å². The molecular formula is C21H24N4O3. The Morgan fingerprint density at radius 3 is 2.64 bits per heavy atom. The second kappa shape index (κ2) is 7.00. The van der Waals surface area contributed by atoms with E-state index in [-0.39, 0.29) is 18.3 Å². The summed E-state index contributed by atoms with van der Waals surface area (Å²) >= 11 is 0. The molecule has 3 aromatic rings. The molecular weight excluding hydrogens is 356 g/mol. The van der Waals surface area contributed by atoms with Gasteiger partial charge in [0.15, 0.2) is 11.4 Å². The van der Waals surface area contributed by atoms with Crippen molar-refractivity contribution < 1.29 is 15.0 Å². The van der Waals surface area contributed by atoms with Crippen LogP contribution in [0.1, 0.15) is 41.9 Å². The van der Waals surface area contributed by atoms with Gasteiger partial charge in [-0.3, -0.25) is 4.79 Å². The molecule has 146 valence electrons. The third kappa shape index (κ3) is 3.63. The minimum absolute atomic E-state index is 0.0360. The number of aliphatic hydroxyl groups is 2. The summed E-state index contributed by atoms with van der Waals surface area (Å²) in [5.74, 6) is 0.804. The van der Waals surface area contributed by atoms with E-state index in [1.54, 1.807) is 48.8 Å². The fourth-order valence-electron chi connectivity index (χ4n) is 3.54. The molecule has 1 aliphatic rings. The van der Waals surface area contributed by atoms with Crippen molar-refractivity contribution in [3.05, 3.63) is 59.4 Å². The lowest BCUT2D eigenvalue weighted by Crippen LogP contribution is -2.24. The number of carbonyl (C=O) groups excluding carboxylic acids is 1. The van der Waals surface area contributed by atoms with Crippen LogP contribution in [-0.4, -0.2) is 49.8 Å². The van der Waals surface area contributed by atoms with E-state index in [1.165, 1.54) is 0 Å². The number of aromatic nitrogens is 3. The number of rotatable bonds is 5. The van der Waals surface area contributed by atoms with Crippen LogP contribution in [0.3, 0.4) is 0 Å². The largest absolute Gasteiger partial charge is 0.391 e. The van der Waals surface area contributed by atoms with Gasteiger partial charge < -0.3 is 15.1 Å². The Kier molecular flexibility index (Phi) is 4.64. The fraction of sp³-hybridized carbons (Fsp3) is 0.381. The number of carbonyl (C=O) groups is 1. The molecule has 0 amide bonds. The summed E-state index contributed by atoms with van der Waals surface area (Å²) in [5.41, 5.74) is 1.75. The zero-order chi connectivity index (χ0) is 19.9. The van der Waals surface area contributed by atoms with Crippen molar-refractivity contribution in [3.8, 4) is 0 Å². The van der Waals surface area contributed by atoms with Crippen molar-refractivity contribution in [2.24, 2.45) is 0 Å². The maximum atomic E-state index is 12.8. The molecule has 1 fully saturated rings. The molecule has 4 rings (SSSR count). The topological polar surface area (TPSA) is 91.0 Å². The van der Waals surface area contributed by atoms with Gasteiger partial charge in [0.05, 0.1) is 30.0 Å². The van der Waals surface area contributed by atoms with Crippen molar-refractivity contribution in [1.29, 1.82) is 0 Å². The molecule has 1 aromatic carbocycles. The summed E-state index contributed by atoms with van der Waals surface area (Å²) in [4.78, 5) is 19.4. The smallest absolute Gasteiger partial charge is 0.168 e. The van der Waals surface area contributed by atoms with Gasteiger partial charge in [0.2, 0.25) is 0 Å². The van der Waals surface area contributed by atoms with Gasteiger partial charge in [-0.25, -0.2) is 4.98 Å². The molecule has 7 nitrogen and oxygen atoms in total. The number of aliphatic hydroxyl groups excluding tert-OH is 1. The SMILES string of the molecule is CC(C)(O)c1ccc(C(=O)Cc2cc(N3CC[C@H](O)C3)n3nccc3n2)cc1. The van der Waals surface area contributed by atoms with Gasteiger partial charge in [-0.1, -0.05) is 24.3 Å². The first-order chi connectivity index (χ1) is 13.3. The zero-order valence-corrected chi connectivity index (χ0v) is 16.0. The highest BCUT2D eigenvalue weighted by Crippen LogP contribution is 2.23. The number of nitrogens with zero attached hydrogens (tertiary/aromatic N) is 4. The molecule has 28 heavy (non-hydrogen) atoms. The molecule has 2 N–H and O–H groups in total. The molecule has 0 unspecified atom stereocenters. The van der Waals surface area contributed by atoms with Crippen LogP contribution in [-0.2, 0) is 12.0 Å². The fourth-order valence-corrected chi connectivity index (χ4v) is 3.54. The maximum Gasteiger partial charge on any atom is 0.168 e. The number of ketones is 1. The van der Waals surface area contributed by atoms with Crippen molar-refractivity contribution in [2.45, 2.75) is 38.4 Å². The van der Waals surface area contributed by atoms with Crippen LogP contribution in [0.4, 0.5) is 5.82 Å². The molecule has 0 bridgehead atoms. The Morgan fingerprint density at radius 1 is 1.25 bits per heavy atom. The molecule has 0 radical (unpaired) electrons. The molecule has 0 spiro atoms. The molecule has 0 aliphatic carbocycles. The van der Waals surface area contributed by atoms with E-state index in [0.717, 1.165) is 17.9 Å². The van der Waals surface area contributed by atoms with E-state index in [1.807, 2.05) is 12.1 Å². The van der Waals surface area contributed by atoms with Gasteiger partial charge >= 0.3 is 0 Å². The number of fused-ring (bicyclic) bond motifs is 1. The normalized spacial score (nSPS) is 17.4. The Morgan fingerprint density at radius 2 is 2.00 bits per heavy atom. The van der Waals surface area contributed by atoms with Crippen LogP contribution < -0.4 is 4.90 Å². The number of Topliss-reactive ketones (excluding diaryl/α,β-unsaturated/α-hetero) is 1. The number of anilines is 1. The van der Waals surface area contributed by atoms with Gasteiger partial charge in [0, 0.05) is 30.8 Å². The molecule has 3 heterocycles. The highest BCUT2D eigenvalue weighted by atomic mass is 16.3. The number of hydrogen-bond acceptors (Lipinski definition) is 6. The monoisotopic (exact) mass is 380 g/mol. The standard InChI is InChI=1S/C21H24N4O3/c1-21(2,28)15-5-3-14(4-6-15)18(27)11-16-12-20(24-10-8-17(26)13-24)25-19(23-16)7-9-22-25/h3-7,9,12,17,26,28H,8,10-11,13H2,1-2H3/t17-/m0/s1. The average molecular weight is 380 g/mol. The lowest BCUT2D eigenvalue weighted by molar-refractivity contribution is 0.0784. The maximum absolute atomic E-state index is 12.8. The first-order valence-electron chi connectivity index (χ1n) is 9.44. The predicted molar refractivity (Wildman–Crippen MR) is 106 cm³/mol. The van der Waals surface area contributed by atoms with Crippen LogP contribution >= 0.6 is 0 Å². The first kappa shape index (κ1) is 18.6. The Bertz CT molecular complexity index is 1000. The molecule has 0 saturated carbocycles. The summed E-state index contributed by atoms with van der Waals surface area (Å²) in [7, 11) is 0. The molecule has 1 aliphatic heterocycles. The highest BCUT2D eigenvalue weighted by Gasteiger charge is 2.24. The molecule has 1 saturated heterocycles. The zero-order valence-electron chi connectivity index (χ0n) is 16.0. The van der Waals surface area contributed by atoms with Crippen molar-refractivity contribution >= 4 is 17.2 Å². The predicted octanol–water partition coefficient (Wildman–Crippen LogP) is 1.95. The van der Waals surface area contributed by atoms with Crippen LogP contribution in [0.5, 0.6) is 0 Å². The van der Waals surface area contributed by atoms with Crippen LogP contribution in [0.2, 0.25) is 0 Å². The first-order valence-corrected chi connectivity index (χ1v) is 9.44. The second-order valence-electron chi connectivity index (χ2n) is 7.83. The second-order valence-corrected chi connectivity index (χ2v) is 7.83. The highest BCUT2D eigenvalue weighted by molar-refractivity contribution is 5.97. The van der Waals surface area contributed by atoms with Gasteiger partial charge in [-0.15, -0.1) is 0 Å². The average Bonchev–Trinajstić information content (AvgIpc) is 3.29. The van der Waals surface area contributed by atoms with E-state index in [9.17, 15) is 15.0 Å². The van der Waals surface area contributed by atoms with E-state index < -0.39 is 5.60 Å². The quantitative estimate of drug-likeness (QED) is 0.658. The summed E-state index contributed by atoms with van der Waals surface area (Å²) in [6, 6.07) is 10.7. The summed E-state index contributed by atoms with van der Waals surface area (Å²) in [6.07, 6.45) is 2.22. The van der Waals surface area contributed by atoms with E-state index >= 15 is 0 Å². The lowest BCUT2D eigenvalue weighted by atomic mass is 9.96. The lowest BCUT2D eigenvalue weighted by Gasteiger charge is -2.19. The van der Waals surface area contributed by atoms with E-state index in [2.05, 4.69) is 15.0 Å². The van der Waals surface area contributed by atoms with Gasteiger partial charge in [-0.05, 0) is 25.8 Å². The summed E-state index contributed by atoms with van der Waals surface area (Å²) in [5, 5.41) is 24.3. The Balaban J connectivity index is 1.60. The van der Waals surface area contributed by atoms with Crippen molar-refractivity contribution in [2.75, 3.05) is 18.0 Å². The number of β-amino-alcohol motifs (C(OH)–C–C–N with tert-alkyl or cyclic N) is 1. The molecule has 2 aromatic heterocycles. The van der Waals surface area contributed by atoms with Crippen LogP contribution in [0.15, 0.2) is 42.6 Å². The molecule has 7 heteroatoms. The van der Waals surface area contributed by atoms with E-state index in [4.69, 9.17) is 0 Å². The minimum atomic E-state index is -0.939. The van der Waals surface area contributed by atoms with E-state index in [0.29, 0.717) is 29.9 Å². The van der Waals surface area contributed by atoms with Gasteiger partial charge in [0.1, 0.15) is 5.82 Å². The van der Waals surface area contributed by atoms with Crippen molar-refractivity contribution in [1.82, 2.24) is 14.6 Å². The van der Waals surface area contributed by atoms with Crippen LogP contribution in [0.25, 0.3) is 5.65 Å². The summed E-state index contributed by atoms with van der Waals surface area (Å²) < 4.78 is 1.74. The minimum Gasteiger partial charge on any atom is -0.391 e. The van der Waals surface area contributed by atoms with Crippen molar-refractivity contribution in [3.63, 3.8) is 0 Å². The van der Waals surface area contributed by atoms with Crippen LogP contribution in [0, 0.1) is 0 Å². The number of benzene rings is 1. The number of hydrogen-bond donors (Lipinski definition) is 2. The Hall–Kier alpha value is -2.77. The third-order valence-corrected chi connectivity index (χ3v) is 5.14. The van der Waals surface area contributed by atoms with Gasteiger partial charge in [-0.2, -0.15) is 9.61 Å². The summed E-state index contributed by atoms with van der Waals surface area (Å²) in [6.45, 7) is 4.72.